The van der Waals surface area contributed by atoms with E-state index in [0.29, 0.717) is 5.41 Å². The van der Waals surface area contributed by atoms with Crippen molar-refractivity contribution in [1.82, 2.24) is 0 Å². The molecular formula is C15H29ClS. The zero-order valence-corrected chi connectivity index (χ0v) is 13.2. The lowest BCUT2D eigenvalue weighted by Gasteiger charge is -2.39. The quantitative estimate of drug-likeness (QED) is 0.403. The predicted octanol–water partition coefficient (Wildman–Crippen LogP) is 5.74. The molecule has 1 rings (SSSR count). The summed E-state index contributed by atoms with van der Waals surface area (Å²) >= 11 is 8.23. The van der Waals surface area contributed by atoms with Crippen LogP contribution in [-0.2, 0) is 0 Å². The molecule has 102 valence electrons. The monoisotopic (exact) mass is 276 g/mol. The number of hydrogen-bond acceptors (Lipinski definition) is 1. The minimum absolute atomic E-state index is 0.500. The van der Waals surface area contributed by atoms with Gasteiger partial charge in [-0.2, -0.15) is 11.8 Å². The van der Waals surface area contributed by atoms with Crippen LogP contribution in [0.1, 0.15) is 64.7 Å². The molecule has 0 N–H and O–H groups in total. The normalized spacial score (nSPS) is 29.5. The molecule has 0 aromatic carbocycles. The maximum atomic E-state index is 6.26. The van der Waals surface area contributed by atoms with Crippen molar-refractivity contribution in [3.63, 3.8) is 0 Å². The van der Waals surface area contributed by atoms with Crippen molar-refractivity contribution in [3.05, 3.63) is 0 Å². The summed E-state index contributed by atoms with van der Waals surface area (Å²) in [5.41, 5.74) is 0.500. The highest BCUT2D eigenvalue weighted by molar-refractivity contribution is 7.98. The van der Waals surface area contributed by atoms with Gasteiger partial charge in [0.1, 0.15) is 0 Å². The Balaban J connectivity index is 2.29. The van der Waals surface area contributed by atoms with E-state index < -0.39 is 0 Å². The second kappa shape index (κ2) is 8.69. The van der Waals surface area contributed by atoms with Gasteiger partial charge in [0.05, 0.1) is 0 Å². The van der Waals surface area contributed by atoms with E-state index in [1.54, 1.807) is 0 Å². The molecule has 0 nitrogen and oxygen atoms in total. The van der Waals surface area contributed by atoms with Gasteiger partial charge in [-0.05, 0) is 61.9 Å². The molecule has 0 aromatic heterocycles. The summed E-state index contributed by atoms with van der Waals surface area (Å²) in [6.07, 6.45) is 14.8. The zero-order valence-electron chi connectivity index (χ0n) is 11.6. The van der Waals surface area contributed by atoms with Crippen LogP contribution in [0.15, 0.2) is 0 Å². The van der Waals surface area contributed by atoms with Gasteiger partial charge in [0.25, 0.3) is 0 Å². The van der Waals surface area contributed by atoms with Gasteiger partial charge < -0.3 is 0 Å². The molecule has 17 heavy (non-hydrogen) atoms. The van der Waals surface area contributed by atoms with Gasteiger partial charge in [0.15, 0.2) is 0 Å². The fourth-order valence-corrected chi connectivity index (χ4v) is 3.95. The number of hydrogen-bond donors (Lipinski definition) is 0. The summed E-state index contributed by atoms with van der Waals surface area (Å²) in [7, 11) is 0. The Labute approximate surface area is 117 Å². The molecule has 0 unspecified atom stereocenters. The third-order valence-electron chi connectivity index (χ3n) is 4.47. The highest BCUT2D eigenvalue weighted by atomic mass is 35.5. The van der Waals surface area contributed by atoms with Crippen molar-refractivity contribution in [3.8, 4) is 0 Å². The Morgan fingerprint density at radius 1 is 1.24 bits per heavy atom. The molecule has 0 aromatic rings. The molecule has 0 radical (unpaired) electrons. The molecule has 0 bridgehead atoms. The summed E-state index contributed by atoms with van der Waals surface area (Å²) < 4.78 is 0. The summed E-state index contributed by atoms with van der Waals surface area (Å²) in [5, 5.41) is 0. The third-order valence-corrected chi connectivity index (χ3v) is 5.73. The number of thioether (sulfide) groups is 1. The van der Waals surface area contributed by atoms with Crippen molar-refractivity contribution < 1.29 is 0 Å². The van der Waals surface area contributed by atoms with Crippen LogP contribution < -0.4 is 0 Å². The first kappa shape index (κ1) is 15.7. The summed E-state index contributed by atoms with van der Waals surface area (Å²) in [6.45, 7) is 2.30. The van der Waals surface area contributed by atoms with Crippen molar-refractivity contribution in [1.29, 1.82) is 0 Å². The molecule has 1 aliphatic carbocycles. The van der Waals surface area contributed by atoms with Gasteiger partial charge in [0, 0.05) is 5.88 Å². The largest absolute Gasteiger partial charge is 0.165 e. The van der Waals surface area contributed by atoms with E-state index in [9.17, 15) is 0 Å². The minimum Gasteiger partial charge on any atom is -0.165 e. The Kier molecular flexibility index (Phi) is 8.03. The molecule has 0 heterocycles. The maximum absolute atomic E-state index is 6.26. The molecule has 0 saturated heterocycles. The second-order valence-corrected chi connectivity index (χ2v) is 7.07. The van der Waals surface area contributed by atoms with Gasteiger partial charge in [-0.3, -0.25) is 0 Å². The molecule has 1 aliphatic rings. The molecule has 1 saturated carbocycles. The summed E-state index contributed by atoms with van der Waals surface area (Å²) in [5.74, 6) is 3.20. The Morgan fingerprint density at radius 3 is 2.47 bits per heavy atom. The molecule has 0 aliphatic heterocycles. The van der Waals surface area contributed by atoms with E-state index in [4.69, 9.17) is 11.6 Å². The van der Waals surface area contributed by atoms with E-state index >= 15 is 0 Å². The predicted molar refractivity (Wildman–Crippen MR) is 82.3 cm³/mol. The van der Waals surface area contributed by atoms with Gasteiger partial charge >= 0.3 is 0 Å². The Hall–Kier alpha value is 0.640. The molecule has 0 atom stereocenters. The molecule has 1 fully saturated rings. The van der Waals surface area contributed by atoms with Crippen molar-refractivity contribution in [2.75, 3.05) is 17.9 Å². The van der Waals surface area contributed by atoms with Crippen LogP contribution in [0.5, 0.6) is 0 Å². The van der Waals surface area contributed by atoms with Gasteiger partial charge in [-0.1, -0.05) is 26.2 Å². The van der Waals surface area contributed by atoms with E-state index in [0.717, 1.165) is 11.8 Å². The van der Waals surface area contributed by atoms with Gasteiger partial charge in [-0.25, -0.2) is 0 Å². The van der Waals surface area contributed by atoms with Crippen LogP contribution in [0.2, 0.25) is 0 Å². The molecule has 0 amide bonds. The minimum atomic E-state index is 0.500. The Bertz CT molecular complexity index is 185. The van der Waals surface area contributed by atoms with E-state index in [2.05, 4.69) is 13.2 Å². The fraction of sp³-hybridized carbons (Fsp3) is 1.00. The lowest BCUT2D eigenvalue weighted by atomic mass is 9.68. The van der Waals surface area contributed by atoms with Crippen molar-refractivity contribution in [2.24, 2.45) is 11.3 Å². The number of alkyl halides is 1. The fourth-order valence-electron chi connectivity index (χ4n) is 3.11. The second-order valence-electron chi connectivity index (χ2n) is 5.82. The first-order chi connectivity index (χ1) is 8.26. The molecular weight excluding hydrogens is 248 g/mol. The van der Waals surface area contributed by atoms with Crippen LogP contribution in [0.25, 0.3) is 0 Å². The lowest BCUT2D eigenvalue weighted by Crippen LogP contribution is -2.29. The summed E-state index contributed by atoms with van der Waals surface area (Å²) in [4.78, 5) is 0. The summed E-state index contributed by atoms with van der Waals surface area (Å²) in [6, 6.07) is 0. The first-order valence-electron chi connectivity index (χ1n) is 7.31. The number of rotatable bonds is 8. The molecule has 0 spiro atoms. The van der Waals surface area contributed by atoms with E-state index in [1.165, 1.54) is 63.5 Å². The topological polar surface area (TPSA) is 0 Å². The number of unbranched alkanes of at least 4 members (excludes halogenated alkanes) is 1. The highest BCUT2D eigenvalue weighted by Gasteiger charge is 2.33. The lowest BCUT2D eigenvalue weighted by molar-refractivity contribution is 0.154. The van der Waals surface area contributed by atoms with Crippen LogP contribution in [0.3, 0.4) is 0 Å². The van der Waals surface area contributed by atoms with Crippen LogP contribution in [0, 0.1) is 11.3 Å². The zero-order chi connectivity index (χ0) is 12.6. The van der Waals surface area contributed by atoms with E-state index in [1.807, 2.05) is 11.8 Å². The smallest absolute Gasteiger partial charge is 0.0280 e. The maximum Gasteiger partial charge on any atom is 0.0280 e. The third kappa shape index (κ3) is 5.42. The van der Waals surface area contributed by atoms with E-state index in [-0.39, 0.29) is 0 Å². The molecule has 2 heteroatoms. The van der Waals surface area contributed by atoms with Crippen molar-refractivity contribution >= 4 is 23.4 Å². The number of halogens is 1. The van der Waals surface area contributed by atoms with Crippen LogP contribution in [0.4, 0.5) is 0 Å². The highest BCUT2D eigenvalue weighted by Crippen LogP contribution is 2.44. The Morgan fingerprint density at radius 2 is 1.94 bits per heavy atom. The van der Waals surface area contributed by atoms with Gasteiger partial charge in [-0.15, -0.1) is 11.6 Å². The van der Waals surface area contributed by atoms with Crippen LogP contribution >= 0.6 is 23.4 Å². The van der Waals surface area contributed by atoms with Crippen molar-refractivity contribution in [2.45, 2.75) is 64.7 Å². The first-order valence-corrected chi connectivity index (χ1v) is 9.24. The average molecular weight is 277 g/mol. The standard InChI is InChI=1S/C15H29ClS/c1-3-4-6-14-7-10-15(13-16,11-8-14)9-5-12-17-2/h14H,3-13H2,1-2H3. The average Bonchev–Trinajstić information content (AvgIpc) is 2.38. The van der Waals surface area contributed by atoms with Crippen LogP contribution in [-0.4, -0.2) is 17.9 Å². The van der Waals surface area contributed by atoms with Gasteiger partial charge in [0.2, 0.25) is 0 Å². The SMILES string of the molecule is CCCCC1CCC(CCl)(CCCSC)CC1.